The number of hydrogen-bond donors (Lipinski definition) is 0. The first-order valence-corrected chi connectivity index (χ1v) is 9.38. The van der Waals surface area contributed by atoms with E-state index < -0.39 is 5.97 Å². The normalized spacial score (nSPS) is 11.8. The largest absolute Gasteiger partial charge is 0.331 e. The fourth-order valence-electron chi connectivity index (χ4n) is 3.73. The summed E-state index contributed by atoms with van der Waals surface area (Å²) < 4.78 is 2.09. The van der Waals surface area contributed by atoms with Crippen molar-refractivity contribution in [3.63, 3.8) is 0 Å². The highest BCUT2D eigenvalue weighted by molar-refractivity contribution is 6.10. The molecule has 0 saturated carbocycles. The van der Waals surface area contributed by atoms with Crippen LogP contribution in [0.25, 0.3) is 27.5 Å². The molecule has 150 valence electrons. The lowest BCUT2D eigenvalue weighted by Crippen LogP contribution is -2.03. The van der Waals surface area contributed by atoms with Gasteiger partial charge in [-0.3, -0.25) is 10.1 Å². The fourth-order valence-corrected chi connectivity index (χ4v) is 3.73. The topological polar surface area (TPSA) is 86.7 Å². The standard InChI is InChI=1S/C23H19N3O4/c1-14-12-17(8-10-19(14)15(2)24-30-16(3)27)25-22-7-5-4-6-20(22)21-13-18(26(28)29)9-11-23(21)25/h4-13H,1-3H3/b24-15-. The molecule has 3 aromatic carbocycles. The number of para-hydroxylation sites is 1. The van der Waals surface area contributed by atoms with Gasteiger partial charge in [0.1, 0.15) is 0 Å². The minimum atomic E-state index is -0.469. The number of benzene rings is 3. The minimum absolute atomic E-state index is 0.0641. The van der Waals surface area contributed by atoms with Gasteiger partial charge in [-0.25, -0.2) is 4.79 Å². The molecule has 1 heterocycles. The van der Waals surface area contributed by atoms with Crippen molar-refractivity contribution in [2.45, 2.75) is 20.8 Å². The molecule has 0 spiro atoms. The first-order valence-electron chi connectivity index (χ1n) is 9.38. The summed E-state index contributed by atoms with van der Waals surface area (Å²) >= 11 is 0. The molecule has 0 fully saturated rings. The average molecular weight is 401 g/mol. The summed E-state index contributed by atoms with van der Waals surface area (Å²) in [6.45, 7) is 5.05. The maximum Gasteiger partial charge on any atom is 0.331 e. The third-order valence-electron chi connectivity index (χ3n) is 5.04. The molecule has 0 amide bonds. The Kier molecular flexibility index (Phi) is 4.79. The van der Waals surface area contributed by atoms with Crippen molar-refractivity contribution in [2.24, 2.45) is 5.16 Å². The molecule has 7 heteroatoms. The van der Waals surface area contributed by atoms with Gasteiger partial charge in [-0.2, -0.15) is 0 Å². The van der Waals surface area contributed by atoms with Gasteiger partial charge in [-0.1, -0.05) is 29.4 Å². The van der Waals surface area contributed by atoms with E-state index in [2.05, 4.69) is 9.72 Å². The van der Waals surface area contributed by atoms with Gasteiger partial charge in [-0.15, -0.1) is 0 Å². The number of aryl methyl sites for hydroxylation is 1. The lowest BCUT2D eigenvalue weighted by Gasteiger charge is -2.11. The molecule has 0 bridgehead atoms. The molecule has 7 nitrogen and oxygen atoms in total. The Morgan fingerprint density at radius 3 is 2.43 bits per heavy atom. The molecule has 0 aliphatic carbocycles. The molecule has 30 heavy (non-hydrogen) atoms. The molecule has 0 N–H and O–H groups in total. The Bertz CT molecular complexity index is 1350. The summed E-state index contributed by atoms with van der Waals surface area (Å²) in [7, 11) is 0. The van der Waals surface area contributed by atoms with Crippen LogP contribution >= 0.6 is 0 Å². The molecule has 1 aromatic heterocycles. The second kappa shape index (κ2) is 7.44. The van der Waals surface area contributed by atoms with Gasteiger partial charge >= 0.3 is 5.97 Å². The second-order valence-corrected chi connectivity index (χ2v) is 7.07. The summed E-state index contributed by atoms with van der Waals surface area (Å²) in [5.74, 6) is -0.469. The summed E-state index contributed by atoms with van der Waals surface area (Å²) in [5, 5.41) is 16.9. The van der Waals surface area contributed by atoms with Gasteiger partial charge in [0.05, 0.1) is 21.7 Å². The molecule has 4 aromatic rings. The maximum absolute atomic E-state index is 11.3. The Balaban J connectivity index is 1.91. The Morgan fingerprint density at radius 1 is 1.00 bits per heavy atom. The molecule has 0 unspecified atom stereocenters. The number of oxime groups is 1. The number of carbonyl (C=O) groups is 1. The van der Waals surface area contributed by atoms with E-state index in [4.69, 9.17) is 4.84 Å². The van der Waals surface area contributed by atoms with E-state index in [-0.39, 0.29) is 10.6 Å². The Morgan fingerprint density at radius 2 is 1.73 bits per heavy atom. The monoisotopic (exact) mass is 401 g/mol. The molecule has 0 atom stereocenters. The summed E-state index contributed by atoms with van der Waals surface area (Å²) in [6, 6.07) is 18.7. The second-order valence-electron chi connectivity index (χ2n) is 7.07. The van der Waals surface area contributed by atoms with Crippen LogP contribution in [-0.2, 0) is 9.63 Å². The highest BCUT2D eigenvalue weighted by atomic mass is 16.7. The molecule has 4 rings (SSSR count). The Hall–Kier alpha value is -4.00. The number of nitro groups is 1. The van der Waals surface area contributed by atoms with E-state index in [1.54, 1.807) is 19.1 Å². The predicted octanol–water partition coefficient (Wildman–Crippen LogP) is 5.29. The van der Waals surface area contributed by atoms with Crippen LogP contribution in [0.3, 0.4) is 0 Å². The lowest BCUT2D eigenvalue weighted by atomic mass is 10.0. The van der Waals surface area contributed by atoms with Crippen LogP contribution in [0.5, 0.6) is 0 Å². The van der Waals surface area contributed by atoms with E-state index in [0.29, 0.717) is 5.71 Å². The predicted molar refractivity (Wildman–Crippen MR) is 116 cm³/mol. The number of carbonyl (C=O) groups excluding carboxylic acids is 1. The third kappa shape index (κ3) is 3.30. The third-order valence-corrected chi connectivity index (χ3v) is 5.04. The first kappa shape index (κ1) is 19.3. The molecule has 0 saturated heterocycles. The summed E-state index contributed by atoms with van der Waals surface area (Å²) in [5.41, 5.74) is 5.28. The van der Waals surface area contributed by atoms with Crippen molar-refractivity contribution in [1.29, 1.82) is 0 Å². The van der Waals surface area contributed by atoms with E-state index >= 15 is 0 Å². The number of rotatable bonds is 4. The van der Waals surface area contributed by atoms with Gasteiger partial charge in [0.15, 0.2) is 0 Å². The highest BCUT2D eigenvalue weighted by Gasteiger charge is 2.16. The zero-order chi connectivity index (χ0) is 21.4. The smallest absolute Gasteiger partial charge is 0.318 e. The fraction of sp³-hybridized carbons (Fsp3) is 0.130. The minimum Gasteiger partial charge on any atom is -0.318 e. The number of nitro benzene ring substituents is 1. The molecule has 0 radical (unpaired) electrons. The first-order chi connectivity index (χ1) is 14.4. The number of aromatic nitrogens is 1. The van der Waals surface area contributed by atoms with E-state index in [1.165, 1.54) is 13.0 Å². The van der Waals surface area contributed by atoms with Crippen molar-refractivity contribution < 1.29 is 14.6 Å². The molecular weight excluding hydrogens is 382 g/mol. The highest BCUT2D eigenvalue weighted by Crippen LogP contribution is 2.34. The van der Waals surface area contributed by atoms with Crippen molar-refractivity contribution in [1.82, 2.24) is 4.57 Å². The van der Waals surface area contributed by atoms with Gasteiger partial charge in [0.2, 0.25) is 0 Å². The van der Waals surface area contributed by atoms with Crippen LogP contribution in [0, 0.1) is 17.0 Å². The molecule has 0 aliphatic heterocycles. The number of non-ortho nitro benzene ring substituents is 1. The van der Waals surface area contributed by atoms with Crippen molar-refractivity contribution in [3.05, 3.63) is 81.9 Å². The zero-order valence-corrected chi connectivity index (χ0v) is 16.7. The van der Waals surface area contributed by atoms with E-state index in [0.717, 1.165) is 38.6 Å². The zero-order valence-electron chi connectivity index (χ0n) is 16.7. The lowest BCUT2D eigenvalue weighted by molar-refractivity contribution is -0.384. The number of hydrogen-bond acceptors (Lipinski definition) is 5. The van der Waals surface area contributed by atoms with Crippen molar-refractivity contribution in [2.75, 3.05) is 0 Å². The number of fused-ring (bicyclic) bond motifs is 3. The molecule has 0 aliphatic rings. The summed E-state index contributed by atoms with van der Waals surface area (Å²) in [6.07, 6.45) is 0. The van der Waals surface area contributed by atoms with Gasteiger partial charge in [0.25, 0.3) is 5.69 Å². The van der Waals surface area contributed by atoms with Crippen LogP contribution in [0.15, 0.2) is 65.8 Å². The maximum atomic E-state index is 11.3. The molecular formula is C23H19N3O4. The van der Waals surface area contributed by atoms with Gasteiger partial charge in [-0.05, 0) is 43.7 Å². The van der Waals surface area contributed by atoms with Gasteiger partial charge < -0.3 is 9.40 Å². The van der Waals surface area contributed by atoms with Crippen molar-refractivity contribution in [3.8, 4) is 5.69 Å². The Labute approximate surface area is 172 Å². The van der Waals surface area contributed by atoms with Crippen LogP contribution in [0.2, 0.25) is 0 Å². The number of nitrogens with zero attached hydrogens (tertiary/aromatic N) is 3. The van der Waals surface area contributed by atoms with Crippen LogP contribution in [-0.4, -0.2) is 21.2 Å². The van der Waals surface area contributed by atoms with Gasteiger partial charge in [0, 0.05) is 41.1 Å². The van der Waals surface area contributed by atoms with Crippen LogP contribution in [0.1, 0.15) is 25.0 Å². The SMILES string of the molecule is CC(=O)O/N=C(/C)c1ccc(-n2c3ccccc3c3cc([N+](=O)[O-])ccc32)cc1C. The summed E-state index contributed by atoms with van der Waals surface area (Å²) in [4.78, 5) is 26.6. The van der Waals surface area contributed by atoms with Crippen LogP contribution < -0.4 is 0 Å². The van der Waals surface area contributed by atoms with Crippen molar-refractivity contribution >= 4 is 39.2 Å². The average Bonchev–Trinajstić information content (AvgIpc) is 3.05. The van der Waals surface area contributed by atoms with Crippen LogP contribution in [0.4, 0.5) is 5.69 Å². The quantitative estimate of drug-likeness (QED) is 0.201. The van der Waals surface area contributed by atoms with E-state index in [9.17, 15) is 14.9 Å². The van der Waals surface area contributed by atoms with E-state index in [1.807, 2.05) is 49.4 Å².